The van der Waals surface area contributed by atoms with Crippen molar-refractivity contribution in [3.8, 4) is 0 Å². The Balaban J connectivity index is 1.41. The number of hydrogen-bond donors (Lipinski definition) is 3. The molecule has 3 rings (SSSR count). The Kier molecular flexibility index (Phi) is 7.38. The smallest absolute Gasteiger partial charge is 0.368 e. The average molecular weight is 426 g/mol. The van der Waals surface area contributed by atoms with Crippen molar-refractivity contribution in [2.75, 3.05) is 38.5 Å². The second kappa shape index (κ2) is 9.99. The molecular formula is C20H29F3N6O. The number of aliphatic imine (C=N–C) groups is 1. The summed E-state index contributed by atoms with van der Waals surface area (Å²) in [6.07, 6.45) is 1.99. The Labute approximate surface area is 174 Å². The number of anilines is 1. The number of halogens is 3. The Morgan fingerprint density at radius 1 is 1.27 bits per heavy atom. The first kappa shape index (κ1) is 22.2. The summed E-state index contributed by atoms with van der Waals surface area (Å²) in [6, 6.07) is 2.38. The van der Waals surface area contributed by atoms with Crippen molar-refractivity contribution < 1.29 is 18.0 Å². The van der Waals surface area contributed by atoms with Gasteiger partial charge in [-0.1, -0.05) is 12.8 Å². The fraction of sp³-hybridized carbons (Fsp3) is 0.650. The fourth-order valence-electron chi connectivity index (χ4n) is 4.03. The number of hydrogen-bond acceptors (Lipinski definition) is 4. The maximum atomic E-state index is 13.0. The topological polar surface area (TPSA) is 81.7 Å². The van der Waals surface area contributed by atoms with Crippen LogP contribution in [0, 0.1) is 5.92 Å². The molecule has 1 unspecified atom stereocenters. The number of amides is 1. The van der Waals surface area contributed by atoms with Crippen molar-refractivity contribution in [3.05, 3.63) is 23.9 Å². The Bertz CT molecular complexity index is 748. The lowest BCUT2D eigenvalue weighted by molar-refractivity contribution is -0.137. The highest BCUT2D eigenvalue weighted by Gasteiger charge is 2.34. The summed E-state index contributed by atoms with van der Waals surface area (Å²) in [5, 5.41) is 9.10. The van der Waals surface area contributed by atoms with E-state index in [1.807, 2.05) is 4.90 Å². The van der Waals surface area contributed by atoms with Gasteiger partial charge in [-0.3, -0.25) is 9.79 Å². The number of rotatable bonds is 6. The lowest BCUT2D eigenvalue weighted by Crippen LogP contribution is -2.46. The van der Waals surface area contributed by atoms with E-state index in [4.69, 9.17) is 0 Å². The molecular weight excluding hydrogens is 397 g/mol. The summed E-state index contributed by atoms with van der Waals surface area (Å²) in [4.78, 5) is 22.4. The third-order valence-electron chi connectivity index (χ3n) is 5.59. The Morgan fingerprint density at radius 2 is 2.03 bits per heavy atom. The molecule has 1 atom stereocenters. The minimum atomic E-state index is -4.45. The molecule has 2 aliphatic rings. The van der Waals surface area contributed by atoms with Crippen LogP contribution in [0.2, 0.25) is 0 Å². The number of nitrogens with zero attached hydrogens (tertiary/aromatic N) is 3. The van der Waals surface area contributed by atoms with Crippen LogP contribution in [0.4, 0.5) is 19.0 Å². The highest BCUT2D eigenvalue weighted by molar-refractivity contribution is 5.81. The molecule has 1 aliphatic carbocycles. The molecule has 1 aromatic heterocycles. The quantitative estimate of drug-likeness (QED) is 0.370. The molecule has 1 aliphatic heterocycles. The standard InChI is InChI=1S/C20H29F3N6O/c1-24-19(27-11-10-26-17-16(20(21,22)23)7-4-9-25-17)28-15-8-12-29(13-15)18(30)14-5-2-3-6-14/h4,7,9,14-15H,2-3,5-6,8,10-13H2,1H3,(H,25,26)(H2,24,27,28). The normalized spacial score (nSPS) is 20.5. The van der Waals surface area contributed by atoms with Gasteiger partial charge >= 0.3 is 6.18 Å². The minimum Gasteiger partial charge on any atom is -0.368 e. The van der Waals surface area contributed by atoms with Crippen LogP contribution in [0.25, 0.3) is 0 Å². The SMILES string of the molecule is CN=C(NCCNc1ncccc1C(F)(F)F)NC1CCN(C(=O)C2CCCC2)C1. The van der Waals surface area contributed by atoms with Gasteiger partial charge in [0, 0.05) is 51.4 Å². The van der Waals surface area contributed by atoms with E-state index in [9.17, 15) is 18.0 Å². The highest BCUT2D eigenvalue weighted by Crippen LogP contribution is 2.33. The predicted molar refractivity (Wildman–Crippen MR) is 109 cm³/mol. The summed E-state index contributed by atoms with van der Waals surface area (Å²) in [5.41, 5.74) is -0.787. The number of carbonyl (C=O) groups excluding carboxylic acids is 1. The van der Waals surface area contributed by atoms with E-state index in [1.165, 1.54) is 12.3 Å². The highest BCUT2D eigenvalue weighted by atomic mass is 19.4. The van der Waals surface area contributed by atoms with Crippen molar-refractivity contribution in [1.82, 2.24) is 20.5 Å². The van der Waals surface area contributed by atoms with Crippen molar-refractivity contribution in [3.63, 3.8) is 0 Å². The number of nitrogens with one attached hydrogen (secondary N) is 3. The van der Waals surface area contributed by atoms with Crippen LogP contribution in [-0.4, -0.2) is 61.0 Å². The molecule has 2 heterocycles. The molecule has 2 fully saturated rings. The van der Waals surface area contributed by atoms with Gasteiger partial charge in [0.25, 0.3) is 0 Å². The van der Waals surface area contributed by atoms with Gasteiger partial charge in [0.2, 0.25) is 5.91 Å². The molecule has 0 radical (unpaired) electrons. The number of carbonyl (C=O) groups is 1. The van der Waals surface area contributed by atoms with Crippen molar-refractivity contribution in [2.45, 2.75) is 44.3 Å². The zero-order chi connectivity index (χ0) is 21.6. The number of alkyl halides is 3. The van der Waals surface area contributed by atoms with E-state index in [1.54, 1.807) is 7.05 Å². The number of likely N-dealkylation sites (tertiary alicyclic amines) is 1. The van der Waals surface area contributed by atoms with E-state index < -0.39 is 11.7 Å². The molecule has 1 amide bonds. The van der Waals surface area contributed by atoms with Crippen LogP contribution in [0.15, 0.2) is 23.3 Å². The van der Waals surface area contributed by atoms with E-state index in [-0.39, 0.29) is 30.2 Å². The summed E-state index contributed by atoms with van der Waals surface area (Å²) in [6.45, 7) is 2.01. The summed E-state index contributed by atoms with van der Waals surface area (Å²) in [7, 11) is 1.64. The van der Waals surface area contributed by atoms with Gasteiger partial charge in [-0.15, -0.1) is 0 Å². The van der Waals surface area contributed by atoms with E-state index in [0.717, 1.165) is 44.7 Å². The third-order valence-corrected chi connectivity index (χ3v) is 5.59. The molecule has 166 valence electrons. The molecule has 0 aromatic carbocycles. The second-order valence-electron chi connectivity index (χ2n) is 7.72. The van der Waals surface area contributed by atoms with E-state index in [2.05, 4.69) is 25.9 Å². The Morgan fingerprint density at radius 3 is 2.73 bits per heavy atom. The van der Waals surface area contributed by atoms with Gasteiger partial charge in [0.15, 0.2) is 5.96 Å². The van der Waals surface area contributed by atoms with Gasteiger partial charge in [0.1, 0.15) is 5.82 Å². The number of guanidine groups is 1. The van der Waals surface area contributed by atoms with Gasteiger partial charge in [0.05, 0.1) is 5.56 Å². The molecule has 7 nitrogen and oxygen atoms in total. The van der Waals surface area contributed by atoms with Crippen molar-refractivity contribution in [2.24, 2.45) is 10.9 Å². The maximum Gasteiger partial charge on any atom is 0.419 e. The number of aromatic nitrogens is 1. The van der Waals surface area contributed by atoms with Crippen LogP contribution in [-0.2, 0) is 11.0 Å². The number of pyridine rings is 1. The first-order valence-electron chi connectivity index (χ1n) is 10.4. The zero-order valence-corrected chi connectivity index (χ0v) is 17.1. The third kappa shape index (κ3) is 5.76. The van der Waals surface area contributed by atoms with Crippen LogP contribution >= 0.6 is 0 Å². The fourth-order valence-corrected chi connectivity index (χ4v) is 4.03. The molecule has 3 N–H and O–H groups in total. The summed E-state index contributed by atoms with van der Waals surface area (Å²) in [5.74, 6) is 0.820. The molecule has 1 aromatic rings. The van der Waals surface area contributed by atoms with Gasteiger partial charge in [-0.25, -0.2) is 4.98 Å². The molecule has 1 saturated heterocycles. The minimum absolute atomic E-state index is 0.113. The first-order chi connectivity index (χ1) is 14.4. The lowest BCUT2D eigenvalue weighted by Gasteiger charge is -2.21. The molecule has 1 saturated carbocycles. The summed E-state index contributed by atoms with van der Waals surface area (Å²) >= 11 is 0. The van der Waals surface area contributed by atoms with Crippen LogP contribution < -0.4 is 16.0 Å². The van der Waals surface area contributed by atoms with Gasteiger partial charge in [-0.2, -0.15) is 13.2 Å². The average Bonchev–Trinajstić information content (AvgIpc) is 3.41. The van der Waals surface area contributed by atoms with Gasteiger partial charge < -0.3 is 20.9 Å². The molecule has 30 heavy (non-hydrogen) atoms. The molecule has 0 spiro atoms. The van der Waals surface area contributed by atoms with Crippen LogP contribution in [0.3, 0.4) is 0 Å². The predicted octanol–water partition coefficient (Wildman–Crippen LogP) is 2.47. The van der Waals surface area contributed by atoms with Crippen molar-refractivity contribution >= 4 is 17.7 Å². The van der Waals surface area contributed by atoms with E-state index in [0.29, 0.717) is 19.0 Å². The van der Waals surface area contributed by atoms with Crippen LogP contribution in [0.1, 0.15) is 37.7 Å². The molecule has 0 bridgehead atoms. The first-order valence-corrected chi connectivity index (χ1v) is 10.4. The zero-order valence-electron chi connectivity index (χ0n) is 17.1. The molecule has 10 heteroatoms. The second-order valence-corrected chi connectivity index (χ2v) is 7.72. The van der Waals surface area contributed by atoms with E-state index >= 15 is 0 Å². The maximum absolute atomic E-state index is 13.0. The largest absolute Gasteiger partial charge is 0.419 e. The monoisotopic (exact) mass is 426 g/mol. The van der Waals surface area contributed by atoms with Gasteiger partial charge in [-0.05, 0) is 31.4 Å². The Hall–Kier alpha value is -2.52. The van der Waals surface area contributed by atoms with Crippen molar-refractivity contribution in [1.29, 1.82) is 0 Å². The lowest BCUT2D eigenvalue weighted by atomic mass is 10.1. The van der Waals surface area contributed by atoms with Crippen LogP contribution in [0.5, 0.6) is 0 Å². The summed E-state index contributed by atoms with van der Waals surface area (Å²) < 4.78 is 39.0.